The van der Waals surface area contributed by atoms with Crippen LogP contribution in [0.1, 0.15) is 32.0 Å². The third-order valence-corrected chi connectivity index (χ3v) is 8.33. The van der Waals surface area contributed by atoms with Crippen molar-refractivity contribution in [2.45, 2.75) is 17.6 Å². The van der Waals surface area contributed by atoms with Crippen LogP contribution in [0.4, 0.5) is 18.2 Å². The minimum absolute atomic E-state index is 0.0149. The van der Waals surface area contributed by atoms with Gasteiger partial charge in [0.25, 0.3) is 11.8 Å². The van der Waals surface area contributed by atoms with Crippen molar-refractivity contribution in [3.63, 3.8) is 0 Å². The van der Waals surface area contributed by atoms with E-state index in [4.69, 9.17) is 23.2 Å². The van der Waals surface area contributed by atoms with Gasteiger partial charge in [0, 0.05) is 23.9 Å². The monoisotopic (exact) mass is 643 g/mol. The summed E-state index contributed by atoms with van der Waals surface area (Å²) < 4.78 is 64.3. The Labute approximate surface area is 245 Å². The largest absolute Gasteiger partial charge is 0.505 e. The molecule has 4 aromatic rings. The Kier molecular flexibility index (Phi) is 8.64. The van der Waals surface area contributed by atoms with Gasteiger partial charge in [-0.25, -0.2) is 13.4 Å². The quantitative estimate of drug-likeness (QED) is 0.213. The molecule has 1 heterocycles. The van der Waals surface area contributed by atoms with Crippen molar-refractivity contribution in [1.29, 1.82) is 0 Å². The molecule has 0 aliphatic rings. The molecule has 3 aromatic carbocycles. The first-order valence-electron chi connectivity index (χ1n) is 11.4. The van der Waals surface area contributed by atoms with E-state index in [1.165, 1.54) is 36.4 Å². The summed E-state index contributed by atoms with van der Waals surface area (Å²) in [5, 5.41) is 14.3. The van der Waals surface area contributed by atoms with Crippen LogP contribution < -0.4 is 10.6 Å². The van der Waals surface area contributed by atoms with Crippen molar-refractivity contribution in [3.05, 3.63) is 93.1 Å². The Bertz CT molecular complexity index is 1750. The van der Waals surface area contributed by atoms with Gasteiger partial charge >= 0.3 is 6.18 Å². The zero-order chi connectivity index (χ0) is 30.1. The average Bonchev–Trinajstić information content (AvgIpc) is 3.33. The SMILES string of the molecule is CS(=O)(=O)c1cccc(-c2nc(C(=O)NCc3ccccc3C(F)(F)F)c(NC(=O)c3cc(Cl)c(O)c(Cl)c3)s2)c1. The first-order valence-corrected chi connectivity index (χ1v) is 14.9. The molecule has 2 amide bonds. The molecule has 214 valence electrons. The molecule has 1 aromatic heterocycles. The van der Waals surface area contributed by atoms with Crippen LogP contribution in [0.2, 0.25) is 10.0 Å². The number of hydrogen-bond donors (Lipinski definition) is 3. The van der Waals surface area contributed by atoms with Crippen molar-refractivity contribution in [2.24, 2.45) is 0 Å². The summed E-state index contributed by atoms with van der Waals surface area (Å²) in [7, 11) is -3.58. The summed E-state index contributed by atoms with van der Waals surface area (Å²) in [6.45, 7) is -0.499. The normalized spacial score (nSPS) is 11.8. The molecule has 0 fully saturated rings. The van der Waals surface area contributed by atoms with Gasteiger partial charge in [-0.1, -0.05) is 64.9 Å². The van der Waals surface area contributed by atoms with Gasteiger partial charge in [-0.05, 0) is 35.9 Å². The second kappa shape index (κ2) is 11.7. The number of sulfone groups is 1. The lowest BCUT2D eigenvalue weighted by atomic mass is 10.1. The second-order valence-electron chi connectivity index (χ2n) is 8.58. The number of thiazole rings is 1. The Balaban J connectivity index is 1.71. The molecule has 0 saturated carbocycles. The summed E-state index contributed by atoms with van der Waals surface area (Å²) in [4.78, 5) is 30.4. The Morgan fingerprint density at radius 1 is 1.00 bits per heavy atom. The zero-order valence-electron chi connectivity index (χ0n) is 20.7. The predicted molar refractivity (Wildman–Crippen MR) is 149 cm³/mol. The fourth-order valence-electron chi connectivity index (χ4n) is 3.62. The number of rotatable bonds is 7. The molecule has 15 heteroatoms. The Hall–Kier alpha value is -3.65. The molecule has 3 N–H and O–H groups in total. The molecule has 0 radical (unpaired) electrons. The van der Waals surface area contributed by atoms with Crippen molar-refractivity contribution in [2.75, 3.05) is 11.6 Å². The molecular weight excluding hydrogens is 626 g/mol. The van der Waals surface area contributed by atoms with Crippen molar-refractivity contribution < 1.29 is 36.3 Å². The lowest BCUT2D eigenvalue weighted by molar-refractivity contribution is -0.138. The van der Waals surface area contributed by atoms with E-state index >= 15 is 0 Å². The van der Waals surface area contributed by atoms with Gasteiger partial charge in [-0.2, -0.15) is 13.2 Å². The number of carbonyl (C=O) groups is 2. The number of aromatic hydroxyl groups is 1. The molecule has 0 spiro atoms. The molecule has 0 aliphatic carbocycles. The third kappa shape index (κ3) is 6.99. The van der Waals surface area contributed by atoms with E-state index in [9.17, 15) is 36.3 Å². The van der Waals surface area contributed by atoms with Crippen LogP contribution in [0.15, 0.2) is 65.6 Å². The highest BCUT2D eigenvalue weighted by Crippen LogP contribution is 2.36. The van der Waals surface area contributed by atoms with Crippen LogP contribution >= 0.6 is 34.5 Å². The van der Waals surface area contributed by atoms with Crippen molar-refractivity contribution in [3.8, 4) is 16.3 Å². The van der Waals surface area contributed by atoms with E-state index in [2.05, 4.69) is 15.6 Å². The lowest BCUT2D eigenvalue weighted by Gasteiger charge is -2.13. The van der Waals surface area contributed by atoms with Crippen molar-refractivity contribution >= 4 is 61.2 Å². The maximum absolute atomic E-state index is 13.4. The molecule has 8 nitrogen and oxygen atoms in total. The molecule has 0 unspecified atom stereocenters. The number of aromatic nitrogens is 1. The van der Waals surface area contributed by atoms with E-state index in [1.807, 2.05) is 0 Å². The molecule has 41 heavy (non-hydrogen) atoms. The number of amides is 2. The number of nitrogens with one attached hydrogen (secondary N) is 2. The van der Waals surface area contributed by atoms with Gasteiger partial charge in [-0.15, -0.1) is 0 Å². The van der Waals surface area contributed by atoms with E-state index in [0.717, 1.165) is 35.8 Å². The first kappa shape index (κ1) is 30.3. The minimum atomic E-state index is -4.65. The smallest absolute Gasteiger partial charge is 0.416 e. The molecule has 0 bridgehead atoms. The maximum Gasteiger partial charge on any atom is 0.416 e. The predicted octanol–water partition coefficient (Wildman–Crippen LogP) is 6.43. The number of anilines is 1. The van der Waals surface area contributed by atoms with Crippen LogP contribution in [0.5, 0.6) is 5.75 Å². The Morgan fingerprint density at radius 3 is 2.29 bits per heavy atom. The fourth-order valence-corrected chi connectivity index (χ4v) is 5.73. The highest BCUT2D eigenvalue weighted by Gasteiger charge is 2.33. The standard InChI is InChI=1S/C26H18Cl2F3N3O5S2/c1-41(38,39)16-7-4-6-13(9-16)24-33-20(23(37)32-12-14-5-2-3-8-17(14)26(29,30)31)25(40-24)34-22(36)15-10-18(27)21(35)19(28)11-15/h2-11,35H,12H2,1H3,(H,32,37)(H,34,36). The van der Waals surface area contributed by atoms with Gasteiger partial charge in [0.05, 0.1) is 20.5 Å². The lowest BCUT2D eigenvalue weighted by Crippen LogP contribution is -2.26. The molecular formula is C26H18Cl2F3N3O5S2. The molecule has 4 rings (SSSR count). The minimum Gasteiger partial charge on any atom is -0.505 e. The zero-order valence-corrected chi connectivity index (χ0v) is 23.9. The number of phenolic OH excluding ortho intramolecular Hbond substituents is 1. The number of carbonyl (C=O) groups excluding carboxylic acids is 2. The third-order valence-electron chi connectivity index (χ3n) is 5.62. The number of hydrogen-bond acceptors (Lipinski definition) is 7. The summed E-state index contributed by atoms with van der Waals surface area (Å²) in [6, 6.07) is 12.7. The summed E-state index contributed by atoms with van der Waals surface area (Å²) in [5.74, 6) is -2.12. The van der Waals surface area contributed by atoms with Gasteiger partial charge in [-0.3, -0.25) is 9.59 Å². The van der Waals surface area contributed by atoms with E-state index in [0.29, 0.717) is 5.56 Å². The van der Waals surface area contributed by atoms with E-state index < -0.39 is 45.7 Å². The van der Waals surface area contributed by atoms with E-state index in [1.54, 1.807) is 6.07 Å². The van der Waals surface area contributed by atoms with Crippen LogP contribution in [-0.2, 0) is 22.6 Å². The fraction of sp³-hybridized carbons (Fsp3) is 0.115. The first-order chi connectivity index (χ1) is 19.1. The van der Waals surface area contributed by atoms with Crippen LogP contribution in [0, 0.1) is 0 Å². The molecule has 0 aliphatic heterocycles. The van der Waals surface area contributed by atoms with Crippen molar-refractivity contribution in [1.82, 2.24) is 10.3 Å². The van der Waals surface area contributed by atoms with Crippen LogP contribution in [0.3, 0.4) is 0 Å². The number of halogens is 5. The highest BCUT2D eigenvalue weighted by molar-refractivity contribution is 7.90. The second-order valence-corrected chi connectivity index (χ2v) is 12.4. The maximum atomic E-state index is 13.4. The topological polar surface area (TPSA) is 125 Å². The molecule has 0 atom stereocenters. The number of nitrogens with zero attached hydrogens (tertiary/aromatic N) is 1. The average molecular weight is 644 g/mol. The van der Waals surface area contributed by atoms with Gasteiger partial charge < -0.3 is 15.7 Å². The summed E-state index contributed by atoms with van der Waals surface area (Å²) >= 11 is 12.7. The van der Waals surface area contributed by atoms with Crippen LogP contribution in [0.25, 0.3) is 10.6 Å². The molecule has 0 saturated heterocycles. The van der Waals surface area contributed by atoms with Gasteiger partial charge in [0.2, 0.25) is 0 Å². The number of benzene rings is 3. The number of phenols is 1. The van der Waals surface area contributed by atoms with E-state index in [-0.39, 0.29) is 41.8 Å². The van der Waals surface area contributed by atoms with Crippen LogP contribution in [-0.4, -0.2) is 36.6 Å². The number of alkyl halides is 3. The summed E-state index contributed by atoms with van der Waals surface area (Å²) in [5.41, 5.74) is -1.21. The Morgan fingerprint density at radius 2 is 1.66 bits per heavy atom. The highest BCUT2D eigenvalue weighted by atomic mass is 35.5. The summed E-state index contributed by atoms with van der Waals surface area (Å²) in [6.07, 6.45) is -3.63. The van der Waals surface area contributed by atoms with Gasteiger partial charge in [0.15, 0.2) is 21.3 Å². The van der Waals surface area contributed by atoms with Gasteiger partial charge in [0.1, 0.15) is 10.0 Å².